The molecular formula is C26H36O3. The molecule has 2 aromatic rings. The first-order valence-corrected chi connectivity index (χ1v) is 11.1. The molecule has 29 heavy (non-hydrogen) atoms. The van der Waals surface area contributed by atoms with Gasteiger partial charge in [0.05, 0.1) is 12.2 Å². The molecule has 3 heteroatoms. The van der Waals surface area contributed by atoms with Crippen LogP contribution in [0.15, 0.2) is 48.5 Å². The summed E-state index contributed by atoms with van der Waals surface area (Å²) in [6, 6.07) is 16.4. The number of benzene rings is 2. The number of aryl methyl sites for hydroxylation is 1. The van der Waals surface area contributed by atoms with Crippen molar-refractivity contribution in [2.45, 2.75) is 71.8 Å². The van der Waals surface area contributed by atoms with Crippen molar-refractivity contribution in [2.24, 2.45) is 0 Å². The molecule has 0 radical (unpaired) electrons. The second-order valence-electron chi connectivity index (χ2n) is 7.67. The molecule has 0 saturated heterocycles. The Morgan fingerprint density at radius 2 is 1.41 bits per heavy atom. The molecule has 0 spiro atoms. The van der Waals surface area contributed by atoms with Crippen molar-refractivity contribution in [3.8, 4) is 11.1 Å². The molecule has 0 aliphatic carbocycles. The molecule has 2 rings (SSSR count). The van der Waals surface area contributed by atoms with Crippen LogP contribution in [-0.2, 0) is 15.9 Å². The maximum absolute atomic E-state index is 12.2. The van der Waals surface area contributed by atoms with Gasteiger partial charge in [-0.1, -0.05) is 75.4 Å². The lowest BCUT2D eigenvalue weighted by Crippen LogP contribution is -2.20. The lowest BCUT2D eigenvalue weighted by Gasteiger charge is -2.13. The quantitative estimate of drug-likeness (QED) is 0.275. The molecule has 0 heterocycles. The fourth-order valence-corrected chi connectivity index (χ4v) is 3.34. The van der Waals surface area contributed by atoms with Crippen LogP contribution >= 0.6 is 0 Å². The SMILES string of the molecule is CCCCCCCCc1ccc(-c2ccc(C(=O)OC(C)COCC)cc2)cc1. The third-order valence-corrected chi connectivity index (χ3v) is 5.09. The topological polar surface area (TPSA) is 35.5 Å². The zero-order valence-corrected chi connectivity index (χ0v) is 18.3. The van der Waals surface area contributed by atoms with Gasteiger partial charge < -0.3 is 9.47 Å². The van der Waals surface area contributed by atoms with Gasteiger partial charge in [-0.25, -0.2) is 4.79 Å². The largest absolute Gasteiger partial charge is 0.457 e. The fraction of sp³-hybridized carbons (Fsp3) is 0.500. The summed E-state index contributed by atoms with van der Waals surface area (Å²) in [5.74, 6) is -0.307. The van der Waals surface area contributed by atoms with E-state index >= 15 is 0 Å². The molecule has 0 bridgehead atoms. The standard InChI is InChI=1S/C26H36O3/c1-4-6-7-8-9-10-11-22-12-14-23(15-13-22)24-16-18-25(19-17-24)26(27)29-21(3)20-28-5-2/h12-19,21H,4-11,20H2,1-3H3. The lowest BCUT2D eigenvalue weighted by atomic mass is 10.00. The number of hydrogen-bond donors (Lipinski definition) is 0. The van der Waals surface area contributed by atoms with Crippen LogP contribution in [0.4, 0.5) is 0 Å². The average Bonchev–Trinajstić information content (AvgIpc) is 2.75. The molecular weight excluding hydrogens is 360 g/mol. The first-order valence-electron chi connectivity index (χ1n) is 11.1. The number of carbonyl (C=O) groups excluding carboxylic acids is 1. The predicted octanol–water partition coefficient (Wildman–Crippen LogP) is 6.84. The van der Waals surface area contributed by atoms with E-state index in [4.69, 9.17) is 9.47 Å². The minimum Gasteiger partial charge on any atom is -0.457 e. The van der Waals surface area contributed by atoms with Crippen molar-refractivity contribution in [3.63, 3.8) is 0 Å². The van der Waals surface area contributed by atoms with Gasteiger partial charge in [0.25, 0.3) is 0 Å². The number of esters is 1. The monoisotopic (exact) mass is 396 g/mol. The second kappa shape index (κ2) is 13.2. The Balaban J connectivity index is 1.83. The van der Waals surface area contributed by atoms with Crippen LogP contribution in [0.2, 0.25) is 0 Å². The van der Waals surface area contributed by atoms with E-state index in [2.05, 4.69) is 31.2 Å². The summed E-state index contributed by atoms with van der Waals surface area (Å²) < 4.78 is 10.7. The van der Waals surface area contributed by atoms with Gasteiger partial charge in [-0.15, -0.1) is 0 Å². The highest BCUT2D eigenvalue weighted by atomic mass is 16.6. The lowest BCUT2D eigenvalue weighted by molar-refractivity contribution is 0.00440. The van der Waals surface area contributed by atoms with Crippen LogP contribution in [0.3, 0.4) is 0 Å². The maximum Gasteiger partial charge on any atom is 0.338 e. The van der Waals surface area contributed by atoms with E-state index in [1.807, 2.05) is 38.1 Å². The van der Waals surface area contributed by atoms with Crippen LogP contribution in [0.5, 0.6) is 0 Å². The zero-order chi connectivity index (χ0) is 20.9. The summed E-state index contributed by atoms with van der Waals surface area (Å²) in [6.07, 6.45) is 8.87. The van der Waals surface area contributed by atoms with Crippen molar-refractivity contribution >= 4 is 5.97 Å². The Bertz CT molecular complexity index is 704. The summed E-state index contributed by atoms with van der Waals surface area (Å²) in [7, 11) is 0. The van der Waals surface area contributed by atoms with Crippen molar-refractivity contribution in [1.82, 2.24) is 0 Å². The summed E-state index contributed by atoms with van der Waals surface area (Å²) in [4.78, 5) is 12.2. The van der Waals surface area contributed by atoms with E-state index in [9.17, 15) is 4.79 Å². The summed E-state index contributed by atoms with van der Waals surface area (Å²) in [5, 5.41) is 0. The second-order valence-corrected chi connectivity index (χ2v) is 7.67. The van der Waals surface area contributed by atoms with Crippen molar-refractivity contribution < 1.29 is 14.3 Å². The molecule has 3 nitrogen and oxygen atoms in total. The van der Waals surface area contributed by atoms with E-state index in [-0.39, 0.29) is 12.1 Å². The van der Waals surface area contributed by atoms with Gasteiger partial charge in [0.2, 0.25) is 0 Å². The van der Waals surface area contributed by atoms with E-state index in [0.29, 0.717) is 18.8 Å². The Kier molecular flexibility index (Phi) is 10.5. The van der Waals surface area contributed by atoms with E-state index in [1.54, 1.807) is 0 Å². The van der Waals surface area contributed by atoms with Crippen LogP contribution < -0.4 is 0 Å². The van der Waals surface area contributed by atoms with Crippen molar-refractivity contribution in [3.05, 3.63) is 59.7 Å². The number of carbonyl (C=O) groups is 1. The Labute approximate surface area is 176 Å². The Morgan fingerprint density at radius 3 is 2.03 bits per heavy atom. The number of hydrogen-bond acceptors (Lipinski definition) is 3. The third-order valence-electron chi connectivity index (χ3n) is 5.09. The first kappa shape index (κ1) is 23.2. The van der Waals surface area contributed by atoms with Crippen LogP contribution in [0, 0.1) is 0 Å². The number of ether oxygens (including phenoxy) is 2. The highest BCUT2D eigenvalue weighted by Crippen LogP contribution is 2.21. The number of unbranched alkanes of at least 4 members (excludes halogenated alkanes) is 5. The third kappa shape index (κ3) is 8.41. The summed E-state index contributed by atoms with van der Waals surface area (Å²) in [5.41, 5.74) is 4.24. The minimum absolute atomic E-state index is 0.249. The molecule has 0 saturated carbocycles. The Hall–Kier alpha value is -2.13. The van der Waals surface area contributed by atoms with Gasteiger partial charge in [-0.05, 0) is 55.5 Å². The smallest absolute Gasteiger partial charge is 0.338 e. The number of rotatable bonds is 13. The highest BCUT2D eigenvalue weighted by molar-refractivity contribution is 5.90. The van der Waals surface area contributed by atoms with E-state index in [1.165, 1.54) is 49.7 Å². The fourth-order valence-electron chi connectivity index (χ4n) is 3.34. The summed E-state index contributed by atoms with van der Waals surface area (Å²) in [6.45, 7) is 7.06. The molecule has 2 aromatic carbocycles. The molecule has 1 atom stereocenters. The Morgan fingerprint density at radius 1 is 0.828 bits per heavy atom. The van der Waals surface area contributed by atoms with Gasteiger partial charge in [0, 0.05) is 6.61 Å². The molecule has 0 fully saturated rings. The molecule has 0 aliphatic rings. The van der Waals surface area contributed by atoms with Gasteiger partial charge in [0.15, 0.2) is 0 Å². The maximum atomic E-state index is 12.2. The van der Waals surface area contributed by atoms with E-state index < -0.39 is 0 Å². The predicted molar refractivity (Wildman–Crippen MR) is 120 cm³/mol. The normalized spacial score (nSPS) is 12.0. The highest BCUT2D eigenvalue weighted by Gasteiger charge is 2.12. The molecule has 0 aliphatic heterocycles. The van der Waals surface area contributed by atoms with E-state index in [0.717, 1.165) is 12.0 Å². The van der Waals surface area contributed by atoms with Gasteiger partial charge in [-0.2, -0.15) is 0 Å². The molecule has 0 N–H and O–H groups in total. The van der Waals surface area contributed by atoms with Crippen LogP contribution in [-0.4, -0.2) is 25.3 Å². The first-order chi connectivity index (χ1) is 14.1. The van der Waals surface area contributed by atoms with Crippen LogP contribution in [0.25, 0.3) is 11.1 Å². The van der Waals surface area contributed by atoms with Gasteiger partial charge >= 0.3 is 5.97 Å². The van der Waals surface area contributed by atoms with Gasteiger partial charge in [0.1, 0.15) is 6.10 Å². The molecule has 0 aromatic heterocycles. The average molecular weight is 397 g/mol. The van der Waals surface area contributed by atoms with Gasteiger partial charge in [-0.3, -0.25) is 0 Å². The molecule has 1 unspecified atom stereocenters. The molecule has 158 valence electrons. The zero-order valence-electron chi connectivity index (χ0n) is 18.3. The van der Waals surface area contributed by atoms with Crippen LogP contribution in [0.1, 0.15) is 75.2 Å². The van der Waals surface area contributed by atoms with Crippen molar-refractivity contribution in [2.75, 3.05) is 13.2 Å². The minimum atomic E-state index is -0.307. The summed E-state index contributed by atoms with van der Waals surface area (Å²) >= 11 is 0. The van der Waals surface area contributed by atoms with Crippen molar-refractivity contribution in [1.29, 1.82) is 0 Å². The molecule has 0 amide bonds.